The second-order valence-corrected chi connectivity index (χ2v) is 7.69. The van der Waals surface area contributed by atoms with Crippen molar-refractivity contribution < 1.29 is 14.2 Å². The molecule has 31 heavy (non-hydrogen) atoms. The lowest BCUT2D eigenvalue weighted by atomic mass is 10.1. The van der Waals surface area contributed by atoms with Crippen LogP contribution < -0.4 is 10.1 Å². The second kappa shape index (κ2) is 13.0. The van der Waals surface area contributed by atoms with Crippen LogP contribution in [0.25, 0.3) is 0 Å². The summed E-state index contributed by atoms with van der Waals surface area (Å²) in [7, 11) is 3.57. The van der Waals surface area contributed by atoms with Crippen molar-refractivity contribution in [2.75, 3.05) is 40.5 Å². The molecule has 6 heteroatoms. The summed E-state index contributed by atoms with van der Waals surface area (Å²) in [5.41, 5.74) is 2.28. The summed E-state index contributed by atoms with van der Waals surface area (Å²) in [6, 6.07) is 18.4. The highest BCUT2D eigenvalue weighted by Gasteiger charge is 2.22. The SMILES string of the molecule is CN=C(NCc1ccccc1OCc1ccccc1)N1CCC(OCCCOC)CC1. The number of likely N-dealkylation sites (tertiary alicyclic amines) is 1. The van der Waals surface area contributed by atoms with Gasteiger partial charge in [-0.2, -0.15) is 0 Å². The molecule has 0 aliphatic carbocycles. The predicted octanol–water partition coefficient (Wildman–Crippen LogP) is 3.86. The number of ether oxygens (including phenoxy) is 3. The zero-order valence-corrected chi connectivity index (χ0v) is 18.8. The van der Waals surface area contributed by atoms with Crippen LogP contribution in [-0.4, -0.2) is 57.4 Å². The molecule has 1 fully saturated rings. The van der Waals surface area contributed by atoms with Crippen LogP contribution in [0.2, 0.25) is 0 Å². The number of hydrogen-bond donors (Lipinski definition) is 1. The van der Waals surface area contributed by atoms with Gasteiger partial charge in [-0.05, 0) is 30.9 Å². The summed E-state index contributed by atoms with van der Waals surface area (Å²) in [5, 5.41) is 3.51. The largest absolute Gasteiger partial charge is 0.489 e. The Bertz CT molecular complexity index is 790. The molecule has 0 spiro atoms. The van der Waals surface area contributed by atoms with E-state index < -0.39 is 0 Å². The maximum Gasteiger partial charge on any atom is 0.193 e. The van der Waals surface area contributed by atoms with Crippen molar-refractivity contribution >= 4 is 5.96 Å². The van der Waals surface area contributed by atoms with Gasteiger partial charge in [-0.3, -0.25) is 4.99 Å². The highest BCUT2D eigenvalue weighted by Crippen LogP contribution is 2.20. The van der Waals surface area contributed by atoms with Crippen molar-refractivity contribution in [2.24, 2.45) is 4.99 Å². The molecule has 0 unspecified atom stereocenters. The summed E-state index contributed by atoms with van der Waals surface area (Å²) in [6.07, 6.45) is 3.32. The lowest BCUT2D eigenvalue weighted by molar-refractivity contribution is 0.00989. The third kappa shape index (κ3) is 7.56. The average Bonchev–Trinajstić information content (AvgIpc) is 2.83. The second-order valence-electron chi connectivity index (χ2n) is 7.69. The first kappa shape index (κ1) is 23.1. The maximum atomic E-state index is 6.08. The van der Waals surface area contributed by atoms with Gasteiger partial charge in [0.25, 0.3) is 0 Å². The van der Waals surface area contributed by atoms with Crippen molar-refractivity contribution in [3.05, 3.63) is 65.7 Å². The number of benzene rings is 2. The van der Waals surface area contributed by atoms with Crippen molar-refractivity contribution in [2.45, 2.75) is 38.5 Å². The molecular weight excluding hydrogens is 390 g/mol. The lowest BCUT2D eigenvalue weighted by Crippen LogP contribution is -2.46. The number of piperidine rings is 1. The Morgan fingerprint density at radius 1 is 1.03 bits per heavy atom. The van der Waals surface area contributed by atoms with E-state index in [2.05, 4.69) is 33.4 Å². The minimum Gasteiger partial charge on any atom is -0.489 e. The fourth-order valence-electron chi connectivity index (χ4n) is 3.72. The van der Waals surface area contributed by atoms with E-state index in [1.807, 2.05) is 43.4 Å². The Hall–Kier alpha value is -2.57. The molecule has 0 bridgehead atoms. The number of hydrogen-bond acceptors (Lipinski definition) is 4. The van der Waals surface area contributed by atoms with Crippen molar-refractivity contribution in [1.82, 2.24) is 10.2 Å². The first-order valence-electron chi connectivity index (χ1n) is 11.1. The van der Waals surface area contributed by atoms with Crippen LogP contribution in [0.4, 0.5) is 0 Å². The van der Waals surface area contributed by atoms with Crippen LogP contribution >= 0.6 is 0 Å². The Kier molecular flexibility index (Phi) is 9.67. The third-order valence-electron chi connectivity index (χ3n) is 5.45. The summed E-state index contributed by atoms with van der Waals surface area (Å²) < 4.78 is 17.1. The van der Waals surface area contributed by atoms with E-state index in [-0.39, 0.29) is 0 Å². The molecule has 0 radical (unpaired) electrons. The van der Waals surface area contributed by atoms with Crippen LogP contribution in [0, 0.1) is 0 Å². The van der Waals surface area contributed by atoms with Gasteiger partial charge in [-0.1, -0.05) is 48.5 Å². The number of guanidine groups is 1. The van der Waals surface area contributed by atoms with Crippen LogP contribution in [0.1, 0.15) is 30.4 Å². The van der Waals surface area contributed by atoms with Crippen LogP contribution in [0.5, 0.6) is 5.75 Å². The summed E-state index contributed by atoms with van der Waals surface area (Å²) >= 11 is 0. The number of nitrogens with zero attached hydrogens (tertiary/aromatic N) is 2. The molecule has 1 aliphatic heterocycles. The van der Waals surface area contributed by atoms with Gasteiger partial charge < -0.3 is 24.4 Å². The van der Waals surface area contributed by atoms with Gasteiger partial charge in [0.1, 0.15) is 12.4 Å². The topological polar surface area (TPSA) is 55.3 Å². The van der Waals surface area contributed by atoms with E-state index >= 15 is 0 Å². The van der Waals surface area contributed by atoms with Gasteiger partial charge in [0, 0.05) is 52.6 Å². The molecule has 0 aromatic heterocycles. The zero-order valence-electron chi connectivity index (χ0n) is 18.8. The Morgan fingerprint density at radius 2 is 1.77 bits per heavy atom. The number of rotatable bonds is 10. The third-order valence-corrected chi connectivity index (χ3v) is 5.45. The molecule has 2 aromatic carbocycles. The van der Waals surface area contributed by atoms with Crippen molar-refractivity contribution in [3.63, 3.8) is 0 Å². The normalized spacial score (nSPS) is 15.2. The minimum absolute atomic E-state index is 0.332. The maximum absolute atomic E-state index is 6.08. The van der Waals surface area contributed by atoms with E-state index in [9.17, 15) is 0 Å². The number of nitrogens with one attached hydrogen (secondary N) is 1. The van der Waals surface area contributed by atoms with Gasteiger partial charge >= 0.3 is 0 Å². The van der Waals surface area contributed by atoms with E-state index in [0.29, 0.717) is 19.3 Å². The van der Waals surface area contributed by atoms with E-state index in [1.165, 1.54) is 0 Å². The first-order chi connectivity index (χ1) is 15.3. The summed E-state index contributed by atoms with van der Waals surface area (Å²) in [6.45, 7) is 4.65. The number of aliphatic imine (C=N–C) groups is 1. The van der Waals surface area contributed by atoms with Gasteiger partial charge in [0.15, 0.2) is 5.96 Å². The van der Waals surface area contributed by atoms with E-state index in [1.54, 1.807) is 7.11 Å². The first-order valence-corrected chi connectivity index (χ1v) is 11.1. The molecule has 1 saturated heterocycles. The monoisotopic (exact) mass is 425 g/mol. The zero-order chi connectivity index (χ0) is 21.7. The Balaban J connectivity index is 1.47. The molecule has 6 nitrogen and oxygen atoms in total. The van der Waals surface area contributed by atoms with Crippen molar-refractivity contribution in [3.8, 4) is 5.75 Å². The molecule has 2 aromatic rings. The smallest absolute Gasteiger partial charge is 0.193 e. The van der Waals surface area contributed by atoms with Gasteiger partial charge in [0.2, 0.25) is 0 Å². The molecule has 0 saturated carbocycles. The minimum atomic E-state index is 0.332. The molecule has 168 valence electrons. The fourth-order valence-corrected chi connectivity index (χ4v) is 3.72. The highest BCUT2D eigenvalue weighted by atomic mass is 16.5. The molecule has 0 atom stereocenters. The Morgan fingerprint density at radius 3 is 2.52 bits per heavy atom. The van der Waals surface area contributed by atoms with Crippen LogP contribution in [-0.2, 0) is 22.6 Å². The molecule has 1 N–H and O–H groups in total. The highest BCUT2D eigenvalue weighted by molar-refractivity contribution is 5.80. The Labute approximate surface area is 186 Å². The number of methoxy groups -OCH3 is 1. The average molecular weight is 426 g/mol. The molecule has 1 heterocycles. The predicted molar refractivity (Wildman–Crippen MR) is 124 cm³/mol. The molecule has 1 aliphatic rings. The van der Waals surface area contributed by atoms with E-state index in [0.717, 1.165) is 68.4 Å². The van der Waals surface area contributed by atoms with E-state index in [4.69, 9.17) is 14.2 Å². The quantitative estimate of drug-likeness (QED) is 0.356. The van der Waals surface area contributed by atoms with Crippen LogP contribution in [0.3, 0.4) is 0 Å². The molecule has 0 amide bonds. The van der Waals surface area contributed by atoms with Gasteiger partial charge in [-0.25, -0.2) is 0 Å². The molecular formula is C25H35N3O3. The summed E-state index contributed by atoms with van der Waals surface area (Å²) in [5.74, 6) is 1.83. The van der Waals surface area contributed by atoms with Gasteiger partial charge in [0.05, 0.1) is 6.10 Å². The fraction of sp³-hybridized carbons (Fsp3) is 0.480. The summed E-state index contributed by atoms with van der Waals surface area (Å²) in [4.78, 5) is 6.80. The standard InChI is InChI=1S/C25H35N3O3/c1-26-25(28-15-13-23(14-16-28)30-18-8-17-29-2)27-19-22-11-6-7-12-24(22)31-20-21-9-4-3-5-10-21/h3-7,9-12,23H,8,13-20H2,1-2H3,(H,26,27). The van der Waals surface area contributed by atoms with Gasteiger partial charge in [-0.15, -0.1) is 0 Å². The lowest BCUT2D eigenvalue weighted by Gasteiger charge is -2.34. The molecule has 3 rings (SSSR count). The van der Waals surface area contributed by atoms with Crippen LogP contribution in [0.15, 0.2) is 59.6 Å². The number of para-hydroxylation sites is 1. The van der Waals surface area contributed by atoms with Crippen molar-refractivity contribution in [1.29, 1.82) is 0 Å².